The van der Waals surface area contributed by atoms with Crippen molar-refractivity contribution in [3.8, 4) is 0 Å². The molecule has 0 saturated heterocycles. The average Bonchev–Trinajstić information content (AvgIpc) is 3.13. The minimum Gasteiger partial charge on any atom is -0.355 e. The molecule has 0 saturated carbocycles. The lowest BCUT2D eigenvalue weighted by Gasteiger charge is -2.13. The van der Waals surface area contributed by atoms with E-state index < -0.39 is 10.0 Å². The zero-order valence-corrected chi connectivity index (χ0v) is 19.3. The Labute approximate surface area is 184 Å². The minimum atomic E-state index is -3.52. The summed E-state index contributed by atoms with van der Waals surface area (Å²) in [7, 11) is -0.509. The van der Waals surface area contributed by atoms with Gasteiger partial charge >= 0.3 is 0 Å². The number of sulfonamides is 1. The molecule has 0 unspecified atom stereocenters. The fraction of sp³-hybridized carbons (Fsp3) is 0.391. The van der Waals surface area contributed by atoms with Crippen LogP contribution in [0.5, 0.6) is 0 Å². The smallest absolute Gasteiger partial charge is 0.242 e. The van der Waals surface area contributed by atoms with Gasteiger partial charge in [-0.25, -0.2) is 17.7 Å². The van der Waals surface area contributed by atoms with Gasteiger partial charge in [0.1, 0.15) is 5.82 Å². The number of fused-ring (bicyclic) bond motifs is 1. The van der Waals surface area contributed by atoms with Crippen LogP contribution < -0.4 is 5.32 Å². The third-order valence-electron chi connectivity index (χ3n) is 5.44. The lowest BCUT2D eigenvalue weighted by molar-refractivity contribution is -0.121. The van der Waals surface area contributed by atoms with Crippen molar-refractivity contribution in [3.05, 3.63) is 59.9 Å². The summed E-state index contributed by atoms with van der Waals surface area (Å²) in [5.41, 5.74) is 2.69. The Kier molecular flexibility index (Phi) is 7.12. The summed E-state index contributed by atoms with van der Waals surface area (Å²) in [6, 6.07) is 15.1. The molecule has 0 aliphatic carbocycles. The molecule has 0 aliphatic rings. The summed E-state index contributed by atoms with van der Waals surface area (Å²) in [5.74, 6) is 0.999. The van der Waals surface area contributed by atoms with Crippen LogP contribution in [-0.4, -0.2) is 48.8 Å². The molecular weight excluding hydrogens is 412 g/mol. The van der Waals surface area contributed by atoms with E-state index in [1.54, 1.807) is 18.2 Å². The van der Waals surface area contributed by atoms with Gasteiger partial charge in [0.25, 0.3) is 0 Å². The van der Waals surface area contributed by atoms with E-state index in [2.05, 4.69) is 29.4 Å². The Bertz CT molecular complexity index is 1150. The van der Waals surface area contributed by atoms with Crippen LogP contribution in [0.2, 0.25) is 0 Å². The molecule has 7 nitrogen and oxygen atoms in total. The third-order valence-corrected chi connectivity index (χ3v) is 7.25. The summed E-state index contributed by atoms with van der Waals surface area (Å²) in [4.78, 5) is 17.2. The van der Waals surface area contributed by atoms with E-state index >= 15 is 0 Å². The van der Waals surface area contributed by atoms with Crippen molar-refractivity contribution in [2.75, 3.05) is 20.6 Å². The maximum Gasteiger partial charge on any atom is 0.242 e. The summed E-state index contributed by atoms with van der Waals surface area (Å²) in [6.07, 6.45) is 0.817. The van der Waals surface area contributed by atoms with Crippen LogP contribution in [0.3, 0.4) is 0 Å². The van der Waals surface area contributed by atoms with Crippen molar-refractivity contribution in [2.45, 2.75) is 44.0 Å². The lowest BCUT2D eigenvalue weighted by atomic mass is 10.0. The van der Waals surface area contributed by atoms with Crippen LogP contribution in [0.4, 0.5) is 0 Å². The largest absolute Gasteiger partial charge is 0.355 e. The van der Waals surface area contributed by atoms with Gasteiger partial charge < -0.3 is 9.88 Å². The van der Waals surface area contributed by atoms with Gasteiger partial charge in [0.2, 0.25) is 15.9 Å². The standard InChI is InChI=1S/C23H30N4O3S/c1-5-27-21-12-11-19(31(29,30)26(3)4)15-20(21)25-22(27)13-14-23(28)24-16-17(2)18-9-7-6-8-10-18/h6-12,15,17H,5,13-14,16H2,1-4H3,(H,24,28)/t17-/m1/s1. The summed E-state index contributed by atoms with van der Waals surface area (Å²) in [6.45, 7) is 5.37. The quantitative estimate of drug-likeness (QED) is 0.552. The first-order chi connectivity index (χ1) is 14.7. The zero-order valence-electron chi connectivity index (χ0n) is 18.5. The number of carbonyl (C=O) groups is 1. The van der Waals surface area contributed by atoms with Gasteiger partial charge in [-0.05, 0) is 36.6 Å². The minimum absolute atomic E-state index is 0.0200. The summed E-state index contributed by atoms with van der Waals surface area (Å²) < 4.78 is 28.1. The molecule has 1 heterocycles. The molecule has 31 heavy (non-hydrogen) atoms. The maximum absolute atomic E-state index is 12.4. The highest BCUT2D eigenvalue weighted by atomic mass is 32.2. The Morgan fingerprint density at radius 3 is 2.52 bits per heavy atom. The topological polar surface area (TPSA) is 84.3 Å². The monoisotopic (exact) mass is 442 g/mol. The van der Waals surface area contributed by atoms with Crippen molar-refractivity contribution >= 4 is 27.0 Å². The number of rotatable bonds is 9. The molecule has 0 fully saturated rings. The first-order valence-electron chi connectivity index (χ1n) is 10.5. The van der Waals surface area contributed by atoms with Gasteiger partial charge in [0, 0.05) is 40.0 Å². The Morgan fingerprint density at radius 1 is 1.16 bits per heavy atom. The van der Waals surface area contributed by atoms with E-state index in [1.807, 2.05) is 29.7 Å². The Balaban J connectivity index is 1.69. The molecule has 1 atom stereocenters. The molecule has 3 aromatic rings. The van der Waals surface area contributed by atoms with E-state index in [-0.39, 0.29) is 16.7 Å². The van der Waals surface area contributed by atoms with Gasteiger partial charge in [-0.2, -0.15) is 0 Å². The molecular formula is C23H30N4O3S. The number of amides is 1. The number of imidazole rings is 1. The van der Waals surface area contributed by atoms with Crippen LogP contribution in [0.1, 0.15) is 37.6 Å². The predicted octanol–water partition coefficient (Wildman–Crippen LogP) is 3.16. The van der Waals surface area contributed by atoms with E-state index in [0.717, 1.165) is 11.3 Å². The van der Waals surface area contributed by atoms with E-state index in [0.29, 0.717) is 31.4 Å². The number of aryl methyl sites for hydroxylation is 2. The second-order valence-corrected chi connectivity index (χ2v) is 9.98. The number of hydrogen-bond acceptors (Lipinski definition) is 4. The first-order valence-corrected chi connectivity index (χ1v) is 11.9. The molecule has 2 aromatic carbocycles. The second kappa shape index (κ2) is 9.62. The third kappa shape index (κ3) is 5.14. The highest BCUT2D eigenvalue weighted by Gasteiger charge is 2.19. The van der Waals surface area contributed by atoms with Gasteiger partial charge in [0.15, 0.2) is 0 Å². The van der Waals surface area contributed by atoms with Crippen molar-refractivity contribution in [3.63, 3.8) is 0 Å². The highest BCUT2D eigenvalue weighted by Crippen LogP contribution is 2.23. The van der Waals surface area contributed by atoms with Crippen LogP contribution in [0, 0.1) is 0 Å². The zero-order chi connectivity index (χ0) is 22.6. The predicted molar refractivity (Wildman–Crippen MR) is 122 cm³/mol. The van der Waals surface area contributed by atoms with Crippen LogP contribution in [0.25, 0.3) is 11.0 Å². The molecule has 0 aliphatic heterocycles. The Morgan fingerprint density at radius 2 is 1.87 bits per heavy atom. The van der Waals surface area contributed by atoms with Gasteiger partial charge in [0.05, 0.1) is 15.9 Å². The molecule has 1 N–H and O–H groups in total. The van der Waals surface area contributed by atoms with Gasteiger partial charge in [-0.1, -0.05) is 37.3 Å². The van der Waals surface area contributed by atoms with Crippen molar-refractivity contribution in [1.29, 1.82) is 0 Å². The summed E-state index contributed by atoms with van der Waals surface area (Å²) >= 11 is 0. The summed E-state index contributed by atoms with van der Waals surface area (Å²) in [5, 5.41) is 3.00. The van der Waals surface area contributed by atoms with Crippen LogP contribution in [0.15, 0.2) is 53.4 Å². The molecule has 8 heteroatoms. The first kappa shape index (κ1) is 23.0. The second-order valence-electron chi connectivity index (χ2n) is 7.83. The molecule has 1 aromatic heterocycles. The van der Waals surface area contributed by atoms with Crippen molar-refractivity contribution < 1.29 is 13.2 Å². The molecule has 0 spiro atoms. The van der Waals surface area contributed by atoms with E-state index in [4.69, 9.17) is 0 Å². The number of carbonyl (C=O) groups excluding carboxylic acids is 1. The number of benzene rings is 2. The van der Waals surface area contributed by atoms with Crippen molar-refractivity contribution in [1.82, 2.24) is 19.2 Å². The Hall–Kier alpha value is -2.71. The van der Waals surface area contributed by atoms with E-state index in [1.165, 1.54) is 24.0 Å². The molecule has 3 rings (SSSR count). The fourth-order valence-corrected chi connectivity index (χ4v) is 4.48. The molecule has 0 bridgehead atoms. The highest BCUT2D eigenvalue weighted by molar-refractivity contribution is 7.89. The molecule has 166 valence electrons. The molecule has 1 amide bonds. The number of nitrogens with one attached hydrogen (secondary N) is 1. The normalized spacial score (nSPS) is 12.9. The number of nitrogens with zero attached hydrogens (tertiary/aromatic N) is 3. The van der Waals surface area contributed by atoms with Crippen molar-refractivity contribution in [2.24, 2.45) is 0 Å². The van der Waals surface area contributed by atoms with Crippen LogP contribution >= 0.6 is 0 Å². The average molecular weight is 443 g/mol. The van der Waals surface area contributed by atoms with Crippen LogP contribution in [-0.2, 0) is 27.8 Å². The van der Waals surface area contributed by atoms with E-state index in [9.17, 15) is 13.2 Å². The fourth-order valence-electron chi connectivity index (χ4n) is 3.55. The SMILES string of the molecule is CCn1c(CCC(=O)NC[C@@H](C)c2ccccc2)nc2cc(S(=O)(=O)N(C)C)ccc21. The lowest BCUT2D eigenvalue weighted by Crippen LogP contribution is -2.28. The van der Waals surface area contributed by atoms with Gasteiger partial charge in [-0.15, -0.1) is 0 Å². The van der Waals surface area contributed by atoms with Gasteiger partial charge in [-0.3, -0.25) is 4.79 Å². The maximum atomic E-state index is 12.4. The molecule has 0 radical (unpaired) electrons. The number of hydrogen-bond donors (Lipinski definition) is 1. The number of aromatic nitrogens is 2.